The topological polar surface area (TPSA) is 66.9 Å². The Kier molecular flexibility index (Phi) is 3.40. The zero-order valence-electron chi connectivity index (χ0n) is 11.0. The number of H-pyrrole nitrogens is 1. The first kappa shape index (κ1) is 13.1. The van der Waals surface area contributed by atoms with Gasteiger partial charge in [-0.1, -0.05) is 12.5 Å². The van der Waals surface area contributed by atoms with Gasteiger partial charge in [-0.25, -0.2) is 9.18 Å². The van der Waals surface area contributed by atoms with Gasteiger partial charge in [0.15, 0.2) is 0 Å². The van der Waals surface area contributed by atoms with Crippen LogP contribution in [0.15, 0.2) is 27.8 Å². The van der Waals surface area contributed by atoms with Crippen LogP contribution in [0.1, 0.15) is 19.3 Å². The zero-order chi connectivity index (χ0) is 14.1. The highest BCUT2D eigenvalue weighted by Gasteiger charge is 2.17. The molecule has 6 heteroatoms. The maximum atomic E-state index is 13.8. The zero-order valence-corrected chi connectivity index (χ0v) is 11.0. The molecule has 0 aliphatic carbocycles. The number of aromatic amines is 1. The van der Waals surface area contributed by atoms with Gasteiger partial charge in [0.05, 0.1) is 10.9 Å². The van der Waals surface area contributed by atoms with Crippen molar-refractivity contribution in [2.24, 2.45) is 0 Å². The fourth-order valence-corrected chi connectivity index (χ4v) is 2.72. The van der Waals surface area contributed by atoms with Crippen molar-refractivity contribution in [2.75, 3.05) is 6.54 Å². The lowest BCUT2D eigenvalue weighted by Gasteiger charge is -2.23. The molecule has 1 aliphatic heterocycles. The van der Waals surface area contributed by atoms with E-state index in [1.807, 2.05) is 0 Å². The van der Waals surface area contributed by atoms with E-state index in [2.05, 4.69) is 10.3 Å². The highest BCUT2D eigenvalue weighted by molar-refractivity contribution is 5.77. The van der Waals surface area contributed by atoms with E-state index >= 15 is 0 Å². The molecule has 2 N–H and O–H groups in total. The maximum Gasteiger partial charge on any atom is 0.328 e. The lowest BCUT2D eigenvalue weighted by atomic mass is 10.1. The molecule has 1 aromatic heterocycles. The fraction of sp³-hybridized carbons (Fsp3) is 0.429. The smallest absolute Gasteiger partial charge is 0.312 e. The molecule has 0 saturated carbocycles. The summed E-state index contributed by atoms with van der Waals surface area (Å²) < 4.78 is 14.9. The lowest BCUT2D eigenvalue weighted by molar-refractivity contribution is 0.355. The van der Waals surface area contributed by atoms with Crippen molar-refractivity contribution in [1.29, 1.82) is 0 Å². The Morgan fingerprint density at radius 2 is 2.15 bits per heavy atom. The molecule has 2 heterocycles. The first-order valence-corrected chi connectivity index (χ1v) is 6.81. The van der Waals surface area contributed by atoms with E-state index in [0.29, 0.717) is 0 Å². The Hall–Kier alpha value is -1.95. The molecule has 0 bridgehead atoms. The van der Waals surface area contributed by atoms with Crippen LogP contribution >= 0.6 is 0 Å². The van der Waals surface area contributed by atoms with Crippen molar-refractivity contribution in [3.05, 3.63) is 44.9 Å². The van der Waals surface area contributed by atoms with Crippen molar-refractivity contribution >= 4 is 10.9 Å². The normalized spacial score (nSPS) is 19.4. The van der Waals surface area contributed by atoms with Crippen LogP contribution < -0.4 is 16.6 Å². The molecular weight excluding hydrogens is 261 g/mol. The Bertz CT molecular complexity index is 744. The van der Waals surface area contributed by atoms with E-state index in [-0.39, 0.29) is 23.5 Å². The molecule has 0 spiro atoms. The Morgan fingerprint density at radius 1 is 1.30 bits per heavy atom. The number of piperidine rings is 1. The highest BCUT2D eigenvalue weighted by Crippen LogP contribution is 2.11. The molecule has 0 amide bonds. The summed E-state index contributed by atoms with van der Waals surface area (Å²) in [6, 6.07) is 4.32. The second-order valence-corrected chi connectivity index (χ2v) is 5.16. The number of hydrogen-bond acceptors (Lipinski definition) is 3. The van der Waals surface area contributed by atoms with E-state index in [1.165, 1.54) is 18.2 Å². The molecule has 1 aromatic carbocycles. The standard InChI is InChI=1S/C14H16FN3O2/c15-10-5-3-6-11-12(10)13(19)18(14(20)17-11)8-9-4-1-2-7-16-9/h3,5-6,9,16H,1-2,4,7-8H2,(H,17,20). The van der Waals surface area contributed by atoms with Gasteiger partial charge in [-0.05, 0) is 31.5 Å². The summed E-state index contributed by atoms with van der Waals surface area (Å²) in [5.74, 6) is -0.603. The Labute approximate surface area is 114 Å². The van der Waals surface area contributed by atoms with E-state index in [0.717, 1.165) is 30.4 Å². The maximum absolute atomic E-state index is 13.8. The van der Waals surface area contributed by atoms with Crippen LogP contribution in [0.2, 0.25) is 0 Å². The van der Waals surface area contributed by atoms with Crippen molar-refractivity contribution in [3.8, 4) is 0 Å². The van der Waals surface area contributed by atoms with Gasteiger partial charge in [0, 0.05) is 12.6 Å². The summed E-state index contributed by atoms with van der Waals surface area (Å²) in [4.78, 5) is 26.9. The molecule has 1 saturated heterocycles. The molecule has 1 aliphatic rings. The molecule has 1 unspecified atom stereocenters. The molecule has 3 rings (SSSR count). The number of fused-ring (bicyclic) bond motifs is 1. The summed E-state index contributed by atoms with van der Waals surface area (Å²) in [6.45, 7) is 1.16. The van der Waals surface area contributed by atoms with Crippen molar-refractivity contribution in [2.45, 2.75) is 31.8 Å². The first-order valence-electron chi connectivity index (χ1n) is 6.81. The molecular formula is C14H16FN3O2. The van der Waals surface area contributed by atoms with Gasteiger partial charge in [0.2, 0.25) is 0 Å². The second-order valence-electron chi connectivity index (χ2n) is 5.16. The average Bonchev–Trinajstić information content (AvgIpc) is 2.44. The summed E-state index contributed by atoms with van der Waals surface area (Å²) in [6.07, 6.45) is 3.10. The Morgan fingerprint density at radius 3 is 2.90 bits per heavy atom. The minimum atomic E-state index is -0.603. The van der Waals surface area contributed by atoms with Gasteiger partial charge in [0.1, 0.15) is 5.82 Å². The number of aromatic nitrogens is 2. The number of nitrogens with one attached hydrogen (secondary N) is 2. The third-order valence-corrected chi connectivity index (χ3v) is 3.77. The predicted molar refractivity (Wildman–Crippen MR) is 74.4 cm³/mol. The second kappa shape index (κ2) is 5.20. The molecule has 1 fully saturated rings. The van der Waals surface area contributed by atoms with E-state index in [4.69, 9.17) is 0 Å². The van der Waals surface area contributed by atoms with Gasteiger partial charge in [-0.15, -0.1) is 0 Å². The lowest BCUT2D eigenvalue weighted by Crippen LogP contribution is -2.44. The molecule has 0 radical (unpaired) electrons. The number of benzene rings is 1. The van der Waals surface area contributed by atoms with E-state index in [9.17, 15) is 14.0 Å². The van der Waals surface area contributed by atoms with Crippen LogP contribution in [0.25, 0.3) is 10.9 Å². The van der Waals surface area contributed by atoms with Crippen molar-refractivity contribution in [3.63, 3.8) is 0 Å². The molecule has 1 atom stereocenters. The quantitative estimate of drug-likeness (QED) is 0.859. The third-order valence-electron chi connectivity index (χ3n) is 3.77. The fourth-order valence-electron chi connectivity index (χ4n) is 2.72. The van der Waals surface area contributed by atoms with Gasteiger partial charge >= 0.3 is 5.69 Å². The van der Waals surface area contributed by atoms with Crippen LogP contribution in [0.4, 0.5) is 4.39 Å². The summed E-state index contributed by atoms with van der Waals surface area (Å²) in [5.41, 5.74) is -0.803. The van der Waals surface area contributed by atoms with E-state index in [1.54, 1.807) is 0 Å². The predicted octanol–water partition coefficient (Wildman–Crippen LogP) is 0.971. The van der Waals surface area contributed by atoms with Gasteiger partial charge in [-0.2, -0.15) is 0 Å². The van der Waals surface area contributed by atoms with Crippen LogP contribution in [0.5, 0.6) is 0 Å². The minimum Gasteiger partial charge on any atom is -0.312 e. The number of rotatable bonds is 2. The van der Waals surface area contributed by atoms with Crippen LogP contribution in [0.3, 0.4) is 0 Å². The molecule has 106 valence electrons. The van der Waals surface area contributed by atoms with Crippen molar-refractivity contribution < 1.29 is 4.39 Å². The van der Waals surface area contributed by atoms with Gasteiger partial charge in [-0.3, -0.25) is 9.36 Å². The van der Waals surface area contributed by atoms with Crippen molar-refractivity contribution in [1.82, 2.24) is 14.9 Å². The monoisotopic (exact) mass is 277 g/mol. The van der Waals surface area contributed by atoms with Gasteiger partial charge in [0.25, 0.3) is 5.56 Å². The van der Waals surface area contributed by atoms with Crippen LogP contribution in [0, 0.1) is 5.82 Å². The third kappa shape index (κ3) is 2.27. The van der Waals surface area contributed by atoms with E-state index < -0.39 is 17.1 Å². The number of nitrogens with zero attached hydrogens (tertiary/aromatic N) is 1. The summed E-state index contributed by atoms with van der Waals surface area (Å²) in [5, 5.41) is 3.23. The SMILES string of the molecule is O=c1[nH]c2cccc(F)c2c(=O)n1CC1CCCCN1. The number of halogens is 1. The largest absolute Gasteiger partial charge is 0.328 e. The number of hydrogen-bond donors (Lipinski definition) is 2. The summed E-state index contributed by atoms with van der Waals surface area (Å²) in [7, 11) is 0. The molecule has 20 heavy (non-hydrogen) atoms. The summed E-state index contributed by atoms with van der Waals surface area (Å²) >= 11 is 0. The van der Waals surface area contributed by atoms with Gasteiger partial charge < -0.3 is 10.3 Å². The highest BCUT2D eigenvalue weighted by atomic mass is 19.1. The molecule has 2 aromatic rings. The molecule has 5 nitrogen and oxygen atoms in total. The Balaban J connectivity index is 2.08. The minimum absolute atomic E-state index is 0.0529. The van der Waals surface area contributed by atoms with Crippen LogP contribution in [-0.4, -0.2) is 22.1 Å². The van der Waals surface area contributed by atoms with Crippen LogP contribution in [-0.2, 0) is 6.54 Å². The average molecular weight is 277 g/mol. The first-order chi connectivity index (χ1) is 9.66.